The van der Waals surface area contributed by atoms with E-state index in [0.717, 1.165) is 17.8 Å². The van der Waals surface area contributed by atoms with Gasteiger partial charge in [-0.1, -0.05) is 38.5 Å². The summed E-state index contributed by atoms with van der Waals surface area (Å²) in [6.07, 6.45) is 9.26. The summed E-state index contributed by atoms with van der Waals surface area (Å²) in [5, 5.41) is 0. The van der Waals surface area contributed by atoms with Crippen molar-refractivity contribution in [2.75, 3.05) is 0 Å². The van der Waals surface area contributed by atoms with Gasteiger partial charge >= 0.3 is 26.8 Å². The van der Waals surface area contributed by atoms with E-state index in [2.05, 4.69) is 0 Å². The van der Waals surface area contributed by atoms with Gasteiger partial charge in [0.15, 0.2) is 0 Å². The maximum absolute atomic E-state index is 8.67. The molecule has 0 radical (unpaired) electrons. The third-order valence-electron chi connectivity index (χ3n) is 3.15. The van der Waals surface area contributed by atoms with Gasteiger partial charge in [0.1, 0.15) is 0 Å². The first-order valence-electron chi connectivity index (χ1n) is 5.38. The van der Waals surface area contributed by atoms with Gasteiger partial charge in [0.05, 0.1) is 0 Å². The van der Waals surface area contributed by atoms with Gasteiger partial charge in [-0.3, -0.25) is 0 Å². The van der Waals surface area contributed by atoms with Crippen LogP contribution in [0.4, 0.5) is 0 Å². The van der Waals surface area contributed by atoms with Gasteiger partial charge in [-0.15, -0.1) is 0 Å². The molecule has 3 aliphatic carbocycles. The summed E-state index contributed by atoms with van der Waals surface area (Å²) in [4.78, 5) is 0. The van der Waals surface area contributed by atoms with Crippen LogP contribution in [0, 0.1) is 23.7 Å². The van der Waals surface area contributed by atoms with Gasteiger partial charge in [0.25, 0.3) is 0 Å². The van der Waals surface area contributed by atoms with Gasteiger partial charge in [-0.25, -0.2) is 0 Å². The molecule has 80 valence electrons. The molecule has 4 heteroatoms. The Morgan fingerprint density at radius 2 is 1.07 bits per heavy atom. The SMILES string of the molecule is C1CC1[C-](C1CC1)C1CC1.[O]=[V](=[O])[OH]. The molecule has 0 atom stereocenters. The van der Waals surface area contributed by atoms with Gasteiger partial charge in [0.2, 0.25) is 0 Å². The second kappa shape index (κ2) is 4.34. The maximum atomic E-state index is 8.67. The van der Waals surface area contributed by atoms with Gasteiger partial charge in [-0.2, -0.15) is 17.8 Å². The van der Waals surface area contributed by atoms with E-state index in [4.69, 9.17) is 11.4 Å². The Hall–Kier alpha value is 0.144. The molecule has 0 amide bonds. The summed E-state index contributed by atoms with van der Waals surface area (Å²) in [6, 6.07) is 0. The van der Waals surface area contributed by atoms with E-state index in [9.17, 15) is 0 Å². The standard InChI is InChI=1S/C10H15.H2O.2O.V/c1-2-7(1)10(8-3-4-8)9-5-6-9;;;;/h7-9H,1-6H2;1H2;;;/q-1;;;;+1/p-1. The van der Waals surface area contributed by atoms with Crippen molar-refractivity contribution < 1.29 is 26.8 Å². The molecule has 0 saturated heterocycles. The third-order valence-corrected chi connectivity index (χ3v) is 3.15. The molecule has 3 rings (SSSR count). The van der Waals surface area contributed by atoms with Gasteiger partial charge in [0, 0.05) is 0 Å². The van der Waals surface area contributed by atoms with Crippen LogP contribution in [0.15, 0.2) is 0 Å². The summed E-state index contributed by atoms with van der Waals surface area (Å²) < 4.78 is 24.4. The molecule has 0 bridgehead atoms. The molecule has 0 aromatic carbocycles. The average Bonchev–Trinajstić information content (AvgIpc) is 2.96. The predicted octanol–water partition coefficient (Wildman–Crippen LogP) is 1.99. The molecule has 3 fully saturated rings. The minimum absolute atomic E-state index is 1.12. The molecule has 0 aliphatic heterocycles. The van der Waals surface area contributed by atoms with Gasteiger partial charge in [-0.05, 0) is 0 Å². The normalized spacial score (nSPS) is 25.6. The molecular weight excluding hydrogens is 219 g/mol. The van der Waals surface area contributed by atoms with E-state index < -0.39 is 15.4 Å². The topological polar surface area (TPSA) is 54.4 Å². The molecule has 0 spiro atoms. The molecule has 0 aromatic rings. The van der Waals surface area contributed by atoms with Crippen molar-refractivity contribution in [3.63, 3.8) is 0 Å². The van der Waals surface area contributed by atoms with Crippen molar-refractivity contribution in [1.29, 1.82) is 0 Å². The van der Waals surface area contributed by atoms with E-state index in [-0.39, 0.29) is 0 Å². The van der Waals surface area contributed by atoms with Crippen molar-refractivity contribution >= 4 is 0 Å². The minimum atomic E-state index is -3.69. The van der Waals surface area contributed by atoms with E-state index >= 15 is 0 Å². The summed E-state index contributed by atoms with van der Waals surface area (Å²) in [5.41, 5.74) is 0. The average molecular weight is 235 g/mol. The van der Waals surface area contributed by atoms with Crippen LogP contribution in [-0.2, 0) is 22.7 Å². The predicted molar refractivity (Wildman–Crippen MR) is 45.0 cm³/mol. The van der Waals surface area contributed by atoms with Crippen LogP contribution in [-0.4, -0.2) is 4.03 Å². The quantitative estimate of drug-likeness (QED) is 0.761. The molecule has 0 unspecified atom stereocenters. The monoisotopic (exact) mass is 235 g/mol. The van der Waals surface area contributed by atoms with Crippen LogP contribution >= 0.6 is 0 Å². The van der Waals surface area contributed by atoms with Crippen LogP contribution in [0.2, 0.25) is 0 Å². The first-order valence-corrected chi connectivity index (χ1v) is 7.15. The van der Waals surface area contributed by atoms with E-state index in [1.165, 1.54) is 0 Å². The Morgan fingerprint density at radius 1 is 0.857 bits per heavy atom. The fourth-order valence-corrected chi connectivity index (χ4v) is 2.25. The van der Waals surface area contributed by atoms with Crippen molar-refractivity contribution in [1.82, 2.24) is 0 Å². The zero-order valence-electron chi connectivity index (χ0n) is 8.19. The van der Waals surface area contributed by atoms with Crippen molar-refractivity contribution in [3.8, 4) is 0 Å². The third kappa shape index (κ3) is 3.37. The summed E-state index contributed by atoms with van der Waals surface area (Å²) in [6.45, 7) is 0. The van der Waals surface area contributed by atoms with Crippen LogP contribution in [0.5, 0.6) is 0 Å². The molecule has 3 nitrogen and oxygen atoms in total. The van der Waals surface area contributed by atoms with Crippen LogP contribution in [0.1, 0.15) is 38.5 Å². The van der Waals surface area contributed by atoms with Crippen molar-refractivity contribution in [2.24, 2.45) is 17.8 Å². The Morgan fingerprint density at radius 3 is 1.21 bits per heavy atom. The Labute approximate surface area is 89.3 Å². The summed E-state index contributed by atoms with van der Waals surface area (Å²) in [7, 11) is 0. The van der Waals surface area contributed by atoms with Crippen molar-refractivity contribution in [3.05, 3.63) is 5.92 Å². The zero-order valence-corrected chi connectivity index (χ0v) is 9.58. The molecule has 14 heavy (non-hydrogen) atoms. The molecule has 1 N–H and O–H groups in total. The molecular formula is C10H16O3V-. The summed E-state index contributed by atoms with van der Waals surface area (Å²) >= 11 is -3.69. The Balaban J connectivity index is 0.000000165. The van der Waals surface area contributed by atoms with E-state index in [0.29, 0.717) is 0 Å². The summed E-state index contributed by atoms with van der Waals surface area (Å²) in [5.74, 6) is 5.40. The molecule has 3 aliphatic rings. The fourth-order valence-electron chi connectivity index (χ4n) is 2.25. The van der Waals surface area contributed by atoms with E-state index in [1.54, 1.807) is 38.5 Å². The number of hydrogen-bond acceptors (Lipinski definition) is 2. The second-order valence-corrected chi connectivity index (χ2v) is 5.30. The van der Waals surface area contributed by atoms with E-state index in [1.807, 2.05) is 5.92 Å². The molecule has 0 aromatic heterocycles. The first-order chi connectivity index (χ1) is 6.68. The zero-order chi connectivity index (χ0) is 10.1. The van der Waals surface area contributed by atoms with Crippen LogP contribution in [0.25, 0.3) is 0 Å². The van der Waals surface area contributed by atoms with Crippen LogP contribution < -0.4 is 0 Å². The molecule has 3 saturated carbocycles. The van der Waals surface area contributed by atoms with Gasteiger partial charge < -0.3 is 5.92 Å². The number of hydrogen-bond donors (Lipinski definition) is 1. The number of rotatable bonds is 3. The molecule has 0 heterocycles. The Kier molecular flexibility index (Phi) is 3.30. The first kappa shape index (κ1) is 10.7. The Bertz CT molecular complexity index is 226. The van der Waals surface area contributed by atoms with Crippen LogP contribution in [0.3, 0.4) is 0 Å². The second-order valence-electron chi connectivity index (χ2n) is 4.56. The fraction of sp³-hybridized carbons (Fsp3) is 0.900. The van der Waals surface area contributed by atoms with Crippen molar-refractivity contribution in [2.45, 2.75) is 38.5 Å².